The second-order valence-corrected chi connectivity index (χ2v) is 11.5. The van der Waals surface area contributed by atoms with Crippen LogP contribution in [0.25, 0.3) is 11.0 Å². The summed E-state index contributed by atoms with van der Waals surface area (Å²) in [5.74, 6) is -1.52. The van der Waals surface area contributed by atoms with E-state index in [4.69, 9.17) is 5.11 Å². The van der Waals surface area contributed by atoms with E-state index in [0.717, 1.165) is 16.7 Å². The molecule has 0 amide bonds. The number of anilines is 1. The van der Waals surface area contributed by atoms with Gasteiger partial charge in [0.25, 0.3) is 0 Å². The molecule has 1 fully saturated rings. The van der Waals surface area contributed by atoms with E-state index in [2.05, 4.69) is 14.7 Å². The van der Waals surface area contributed by atoms with Crippen molar-refractivity contribution in [3.8, 4) is 0 Å². The first-order valence-electron chi connectivity index (χ1n) is 12.2. The van der Waals surface area contributed by atoms with Crippen molar-refractivity contribution in [1.82, 2.24) is 14.5 Å². The number of nitrogens with zero attached hydrogens (tertiary/aromatic N) is 4. The van der Waals surface area contributed by atoms with Crippen molar-refractivity contribution in [2.24, 2.45) is 0 Å². The van der Waals surface area contributed by atoms with Crippen molar-refractivity contribution in [2.75, 3.05) is 18.0 Å². The van der Waals surface area contributed by atoms with Crippen molar-refractivity contribution in [3.05, 3.63) is 47.5 Å². The predicted molar refractivity (Wildman–Crippen MR) is 138 cm³/mol. The molecule has 1 saturated heterocycles. The van der Waals surface area contributed by atoms with Gasteiger partial charge in [-0.25, -0.2) is 14.4 Å². The molecular weight excluding hydrogens is 598 g/mol. The zero-order valence-corrected chi connectivity index (χ0v) is 27.5. The number of carboxylic acid groups (broad SMARTS) is 1. The Kier molecular flexibility index (Phi) is 12.2. The third kappa shape index (κ3) is 10.7. The van der Waals surface area contributed by atoms with Crippen LogP contribution in [0.15, 0.2) is 35.7 Å². The zero-order valence-electron chi connectivity index (χ0n) is 23.6. The molecule has 15 heteroatoms. The van der Waals surface area contributed by atoms with Gasteiger partial charge in [0.15, 0.2) is 5.16 Å². The maximum absolute atomic E-state index is 13.9. The molecule has 2 aromatic heterocycles. The number of aliphatic carboxylic acids is 1. The number of rotatable bonds is 7. The monoisotopic (exact) mass is 628 g/mol. The number of benzene rings is 1. The fraction of sp³-hybridized carbons (Fsp3) is 0.500. The minimum Gasteiger partial charge on any atom is -0.850 e. The number of hydrogen-bond donors (Lipinski definition) is 1. The van der Waals surface area contributed by atoms with Crippen molar-refractivity contribution in [1.29, 1.82) is 0 Å². The minimum absolute atomic E-state index is 0. The molecule has 0 unspecified atom stereocenters. The maximum atomic E-state index is 13.9. The topological polar surface area (TPSA) is 104 Å². The summed E-state index contributed by atoms with van der Waals surface area (Å²) in [6.45, 7) is 6.46. The fourth-order valence-corrected chi connectivity index (χ4v) is 4.60. The molecule has 0 radical (unpaired) electrons. The first kappa shape index (κ1) is 35.9. The Morgan fingerprint density at radius 2 is 1.78 bits per heavy atom. The molecule has 0 aliphatic carbocycles. The van der Waals surface area contributed by atoms with Crippen molar-refractivity contribution in [2.45, 2.75) is 75.8 Å². The molecule has 220 valence electrons. The van der Waals surface area contributed by atoms with Gasteiger partial charge < -0.3 is 19.7 Å². The summed E-state index contributed by atoms with van der Waals surface area (Å²) in [6, 6.07) is 4.00. The summed E-state index contributed by atoms with van der Waals surface area (Å²) in [5, 5.41) is 19.3. The van der Waals surface area contributed by atoms with E-state index in [9.17, 15) is 31.9 Å². The molecule has 0 spiro atoms. The molecule has 1 aliphatic heterocycles. The number of alkyl halides is 4. The zero-order chi connectivity index (χ0) is 30.0. The molecule has 0 saturated carbocycles. The number of morpholine rings is 1. The maximum Gasteiger partial charge on any atom is 1.00 e. The number of carbonyl (C=O) groups is 1. The molecule has 8 nitrogen and oxygen atoms in total. The summed E-state index contributed by atoms with van der Waals surface area (Å²) in [4.78, 5) is 20.5. The van der Waals surface area contributed by atoms with E-state index in [1.807, 2.05) is 13.8 Å². The molecule has 1 aromatic carbocycles. The van der Waals surface area contributed by atoms with Gasteiger partial charge >= 0.3 is 69.6 Å². The Balaban J connectivity index is 0.000000902. The van der Waals surface area contributed by atoms with Crippen LogP contribution in [0.3, 0.4) is 0 Å². The Hall–Kier alpha value is -1.33. The van der Waals surface area contributed by atoms with Gasteiger partial charge in [0.05, 0.1) is 23.8 Å². The molecule has 1 aliphatic rings. The van der Waals surface area contributed by atoms with Gasteiger partial charge in [-0.2, -0.15) is 17.6 Å². The third-order valence-corrected chi connectivity index (χ3v) is 6.23. The van der Waals surface area contributed by atoms with Crippen LogP contribution in [0.2, 0.25) is 0 Å². The Labute approximate surface area is 281 Å². The van der Waals surface area contributed by atoms with Gasteiger partial charge in [0.1, 0.15) is 24.4 Å². The normalized spacial score (nSPS) is 16.2. The van der Waals surface area contributed by atoms with Crippen molar-refractivity contribution in [3.63, 3.8) is 0 Å². The third-order valence-electron chi connectivity index (χ3n) is 5.29. The fourth-order valence-electron chi connectivity index (χ4n) is 3.85. The van der Waals surface area contributed by atoms with Crippen LogP contribution in [0, 0.1) is 5.82 Å². The largest absolute Gasteiger partial charge is 1.00 e. The number of fused-ring (bicyclic) bond motifs is 1. The Morgan fingerprint density at radius 1 is 1.20 bits per heavy atom. The van der Waals surface area contributed by atoms with E-state index in [0.29, 0.717) is 11.1 Å². The second kappa shape index (κ2) is 14.0. The SMILES string of the molecule is CC(C)(C)[O-].CC(C)n1cc(N2CC(F)(F)OC(F)(F)C2)c2nc(SCc3ccc(F)c(CC(=O)O)c3)ncc21.[K+]. The summed E-state index contributed by atoms with van der Waals surface area (Å²) in [6.07, 6.45) is -5.57. The molecule has 3 aromatic rings. The van der Waals surface area contributed by atoms with Crippen LogP contribution in [-0.2, 0) is 21.7 Å². The molecule has 0 bridgehead atoms. The molecular formula is C26H30F5KN4O4S. The number of aromatic nitrogens is 3. The van der Waals surface area contributed by atoms with Crippen LogP contribution in [0.1, 0.15) is 51.8 Å². The Bertz CT molecular complexity index is 1350. The molecule has 4 rings (SSSR count). The van der Waals surface area contributed by atoms with Gasteiger partial charge in [0, 0.05) is 18.0 Å². The van der Waals surface area contributed by atoms with E-state index >= 15 is 0 Å². The van der Waals surface area contributed by atoms with Crippen LogP contribution < -0.4 is 61.4 Å². The summed E-state index contributed by atoms with van der Waals surface area (Å²) in [5.41, 5.74) is 0.741. The summed E-state index contributed by atoms with van der Waals surface area (Å²) >= 11 is 1.15. The smallest absolute Gasteiger partial charge is 0.850 e. The first-order chi connectivity index (χ1) is 18.3. The van der Waals surface area contributed by atoms with Gasteiger partial charge in [-0.3, -0.25) is 9.53 Å². The quantitative estimate of drug-likeness (QED) is 0.184. The number of hydrogen-bond acceptors (Lipinski definition) is 7. The van der Waals surface area contributed by atoms with E-state index < -0.39 is 49.1 Å². The van der Waals surface area contributed by atoms with E-state index in [1.165, 1.54) is 30.6 Å². The Morgan fingerprint density at radius 3 is 2.32 bits per heavy atom. The van der Waals surface area contributed by atoms with Gasteiger partial charge in [-0.15, -0.1) is 5.60 Å². The van der Waals surface area contributed by atoms with Crippen LogP contribution >= 0.6 is 11.8 Å². The van der Waals surface area contributed by atoms with Gasteiger partial charge in [0.2, 0.25) is 0 Å². The van der Waals surface area contributed by atoms with Gasteiger partial charge in [-0.05, 0) is 31.0 Å². The molecule has 0 atom stereocenters. The number of ether oxygens (including phenoxy) is 1. The minimum atomic E-state index is -4.05. The molecule has 3 heterocycles. The summed E-state index contributed by atoms with van der Waals surface area (Å²) < 4.78 is 74.7. The number of halogens is 5. The average molecular weight is 629 g/mol. The second-order valence-electron chi connectivity index (χ2n) is 10.5. The van der Waals surface area contributed by atoms with Crippen LogP contribution in [-0.4, -0.2) is 56.5 Å². The van der Waals surface area contributed by atoms with Crippen molar-refractivity contribution >= 4 is 34.5 Å². The standard InChI is InChI=1S/C22H21F5N4O3S.C4H9O.K/c1-12(2)31-8-17(30-10-21(24,25)34-22(26,27)11-30)19-16(31)7-28-20(29-19)35-9-13-3-4-15(23)14(5-13)6-18(32)33;1-4(2,3)5;/h3-5,7-8,12H,6,9-11H2,1-2H3,(H,32,33);1-3H3;/q;-1;+1. The summed E-state index contributed by atoms with van der Waals surface area (Å²) in [7, 11) is 0. The number of thioether (sulfide) groups is 1. The van der Waals surface area contributed by atoms with E-state index in [1.54, 1.807) is 25.3 Å². The molecule has 1 N–H and O–H groups in total. The number of carboxylic acids is 1. The van der Waals surface area contributed by atoms with Gasteiger partial charge in [-0.1, -0.05) is 44.7 Å². The first-order valence-corrected chi connectivity index (χ1v) is 13.2. The van der Waals surface area contributed by atoms with Crippen LogP contribution in [0.4, 0.5) is 27.6 Å². The average Bonchev–Trinajstić information content (AvgIpc) is 3.15. The van der Waals surface area contributed by atoms with Crippen LogP contribution in [0.5, 0.6) is 0 Å². The van der Waals surface area contributed by atoms with Crippen molar-refractivity contribution < 1.29 is 93.1 Å². The molecule has 41 heavy (non-hydrogen) atoms. The van der Waals surface area contributed by atoms with E-state index in [-0.39, 0.29) is 85.1 Å². The predicted octanol–water partition coefficient (Wildman–Crippen LogP) is 2.24.